The van der Waals surface area contributed by atoms with E-state index >= 15 is 0 Å². The molecule has 0 aromatic heterocycles. The molecular weight excluding hydrogens is 264 g/mol. The van der Waals surface area contributed by atoms with Crippen LogP contribution in [0.25, 0.3) is 0 Å². The van der Waals surface area contributed by atoms with E-state index in [1.807, 2.05) is 51.1 Å². The zero-order chi connectivity index (χ0) is 15.8. The number of carbonyl (C=O) groups excluding carboxylic acids is 2. The monoisotopic (exact) mass is 290 g/mol. The van der Waals surface area contributed by atoms with Gasteiger partial charge in [-0.2, -0.15) is 0 Å². The SMILES string of the molecule is CCN(Cc1ccccc1)C(=O)CN(CC(C)C)C(C)=O. The van der Waals surface area contributed by atoms with Crippen LogP contribution in [-0.4, -0.2) is 41.2 Å². The van der Waals surface area contributed by atoms with Crippen LogP contribution in [0, 0.1) is 5.92 Å². The molecule has 2 amide bonds. The molecule has 0 atom stereocenters. The second-order valence-electron chi connectivity index (χ2n) is 5.69. The molecule has 1 aromatic carbocycles. The molecule has 4 nitrogen and oxygen atoms in total. The van der Waals surface area contributed by atoms with Gasteiger partial charge < -0.3 is 9.80 Å². The summed E-state index contributed by atoms with van der Waals surface area (Å²) < 4.78 is 0. The van der Waals surface area contributed by atoms with Gasteiger partial charge in [-0.1, -0.05) is 44.2 Å². The summed E-state index contributed by atoms with van der Waals surface area (Å²) in [5.74, 6) is 0.302. The first-order chi connectivity index (χ1) is 9.93. The molecule has 1 rings (SSSR count). The molecule has 0 N–H and O–H groups in total. The molecular formula is C17H26N2O2. The Hall–Kier alpha value is -1.84. The molecule has 0 spiro atoms. The Bertz CT molecular complexity index is 457. The quantitative estimate of drug-likeness (QED) is 0.774. The van der Waals surface area contributed by atoms with Crippen molar-refractivity contribution in [2.45, 2.75) is 34.2 Å². The van der Waals surface area contributed by atoms with Crippen molar-refractivity contribution in [3.8, 4) is 0 Å². The molecule has 4 heteroatoms. The summed E-state index contributed by atoms with van der Waals surface area (Å²) >= 11 is 0. The third kappa shape index (κ3) is 5.98. The molecule has 0 radical (unpaired) electrons. The Morgan fingerprint density at radius 2 is 1.71 bits per heavy atom. The lowest BCUT2D eigenvalue weighted by Crippen LogP contribution is -2.43. The van der Waals surface area contributed by atoms with E-state index in [0.29, 0.717) is 25.6 Å². The molecule has 1 aromatic rings. The van der Waals surface area contributed by atoms with Gasteiger partial charge in [0.05, 0.1) is 6.54 Å². The van der Waals surface area contributed by atoms with Crippen LogP contribution in [-0.2, 0) is 16.1 Å². The number of amides is 2. The largest absolute Gasteiger partial charge is 0.337 e. The minimum absolute atomic E-state index is 0.00259. The van der Waals surface area contributed by atoms with Gasteiger partial charge in [-0.25, -0.2) is 0 Å². The van der Waals surface area contributed by atoms with E-state index in [4.69, 9.17) is 0 Å². The first-order valence-electron chi connectivity index (χ1n) is 7.51. The maximum Gasteiger partial charge on any atom is 0.242 e. The Labute approximate surface area is 127 Å². The summed E-state index contributed by atoms with van der Waals surface area (Å²) in [4.78, 5) is 27.5. The lowest BCUT2D eigenvalue weighted by atomic mass is 10.2. The van der Waals surface area contributed by atoms with Gasteiger partial charge in [-0.05, 0) is 18.4 Å². The highest BCUT2D eigenvalue weighted by Crippen LogP contribution is 2.06. The number of nitrogens with zero attached hydrogens (tertiary/aromatic N) is 2. The Morgan fingerprint density at radius 3 is 2.19 bits per heavy atom. The smallest absolute Gasteiger partial charge is 0.242 e. The third-order valence-electron chi connectivity index (χ3n) is 3.31. The minimum atomic E-state index is -0.0483. The first kappa shape index (κ1) is 17.2. The van der Waals surface area contributed by atoms with Crippen LogP contribution in [0.4, 0.5) is 0 Å². The van der Waals surface area contributed by atoms with E-state index < -0.39 is 0 Å². The number of likely N-dealkylation sites (N-methyl/N-ethyl adjacent to an activating group) is 1. The second kappa shape index (κ2) is 8.45. The first-order valence-corrected chi connectivity index (χ1v) is 7.51. The average Bonchev–Trinajstić information content (AvgIpc) is 2.44. The van der Waals surface area contributed by atoms with Crippen molar-refractivity contribution in [1.82, 2.24) is 9.80 Å². The van der Waals surface area contributed by atoms with Gasteiger partial charge in [0.15, 0.2) is 0 Å². The molecule has 21 heavy (non-hydrogen) atoms. The standard InChI is InChI=1S/C17H26N2O2/c1-5-18(12-16-9-7-6-8-10-16)17(21)13-19(15(4)20)11-14(2)3/h6-10,14H,5,11-13H2,1-4H3. The minimum Gasteiger partial charge on any atom is -0.337 e. The molecule has 0 saturated heterocycles. The Kier molecular flexibility index (Phi) is 6.92. The van der Waals surface area contributed by atoms with E-state index in [0.717, 1.165) is 5.56 Å². The van der Waals surface area contributed by atoms with Crippen LogP contribution in [0.3, 0.4) is 0 Å². The summed E-state index contributed by atoms with van der Waals surface area (Å²) in [5, 5.41) is 0. The Balaban J connectivity index is 2.67. The zero-order valence-corrected chi connectivity index (χ0v) is 13.5. The molecule has 0 fully saturated rings. The number of benzene rings is 1. The number of hydrogen-bond donors (Lipinski definition) is 0. The van der Waals surface area contributed by atoms with E-state index in [-0.39, 0.29) is 18.4 Å². The summed E-state index contributed by atoms with van der Waals surface area (Å²) in [6.45, 7) is 9.57. The molecule has 0 saturated carbocycles. The van der Waals surface area contributed by atoms with E-state index in [1.54, 1.807) is 9.80 Å². The molecule has 0 heterocycles. The van der Waals surface area contributed by atoms with Gasteiger partial charge in [0.25, 0.3) is 0 Å². The van der Waals surface area contributed by atoms with Crippen LogP contribution >= 0.6 is 0 Å². The molecule has 0 unspecified atom stereocenters. The van der Waals surface area contributed by atoms with Gasteiger partial charge in [0, 0.05) is 26.6 Å². The summed E-state index contributed by atoms with van der Waals surface area (Å²) in [5.41, 5.74) is 1.10. The molecule has 0 aliphatic rings. The number of carbonyl (C=O) groups is 2. The van der Waals surface area contributed by atoms with Crippen LogP contribution in [0.5, 0.6) is 0 Å². The topological polar surface area (TPSA) is 40.6 Å². The summed E-state index contributed by atoms with van der Waals surface area (Å²) in [6, 6.07) is 9.91. The fourth-order valence-electron chi connectivity index (χ4n) is 2.19. The second-order valence-corrected chi connectivity index (χ2v) is 5.69. The Morgan fingerprint density at radius 1 is 1.10 bits per heavy atom. The summed E-state index contributed by atoms with van der Waals surface area (Å²) in [6.07, 6.45) is 0. The van der Waals surface area contributed by atoms with Gasteiger partial charge in [-0.15, -0.1) is 0 Å². The van der Waals surface area contributed by atoms with Crippen LogP contribution in [0.15, 0.2) is 30.3 Å². The summed E-state index contributed by atoms with van der Waals surface area (Å²) in [7, 11) is 0. The predicted molar refractivity (Wildman–Crippen MR) is 84.6 cm³/mol. The third-order valence-corrected chi connectivity index (χ3v) is 3.31. The van der Waals surface area contributed by atoms with Crippen molar-refractivity contribution < 1.29 is 9.59 Å². The lowest BCUT2D eigenvalue weighted by molar-refractivity contribution is -0.140. The van der Waals surface area contributed by atoms with Crippen LogP contribution in [0.2, 0.25) is 0 Å². The zero-order valence-electron chi connectivity index (χ0n) is 13.5. The van der Waals surface area contributed by atoms with Crippen molar-refractivity contribution in [3.05, 3.63) is 35.9 Å². The van der Waals surface area contributed by atoms with Crippen LogP contribution in [0.1, 0.15) is 33.3 Å². The number of rotatable bonds is 7. The normalized spacial score (nSPS) is 10.5. The van der Waals surface area contributed by atoms with Crippen molar-refractivity contribution in [2.75, 3.05) is 19.6 Å². The van der Waals surface area contributed by atoms with Crippen molar-refractivity contribution >= 4 is 11.8 Å². The lowest BCUT2D eigenvalue weighted by Gasteiger charge is -2.27. The highest BCUT2D eigenvalue weighted by Gasteiger charge is 2.19. The average molecular weight is 290 g/mol. The van der Waals surface area contributed by atoms with Crippen molar-refractivity contribution in [2.24, 2.45) is 5.92 Å². The highest BCUT2D eigenvalue weighted by atomic mass is 16.2. The molecule has 0 bridgehead atoms. The van der Waals surface area contributed by atoms with E-state index in [9.17, 15) is 9.59 Å². The maximum absolute atomic E-state index is 12.4. The van der Waals surface area contributed by atoms with Gasteiger partial charge in [0.1, 0.15) is 0 Å². The fraction of sp³-hybridized carbons (Fsp3) is 0.529. The molecule has 116 valence electrons. The van der Waals surface area contributed by atoms with E-state index in [2.05, 4.69) is 0 Å². The van der Waals surface area contributed by atoms with Gasteiger partial charge in [0.2, 0.25) is 11.8 Å². The molecule has 0 aliphatic heterocycles. The van der Waals surface area contributed by atoms with Gasteiger partial charge >= 0.3 is 0 Å². The van der Waals surface area contributed by atoms with E-state index in [1.165, 1.54) is 6.92 Å². The predicted octanol–water partition coefficient (Wildman–Crippen LogP) is 2.54. The highest BCUT2D eigenvalue weighted by molar-refractivity contribution is 5.83. The molecule has 0 aliphatic carbocycles. The fourth-order valence-corrected chi connectivity index (χ4v) is 2.19. The number of hydrogen-bond acceptors (Lipinski definition) is 2. The van der Waals surface area contributed by atoms with Gasteiger partial charge in [-0.3, -0.25) is 9.59 Å². The van der Waals surface area contributed by atoms with Crippen molar-refractivity contribution in [1.29, 1.82) is 0 Å². The maximum atomic E-state index is 12.4. The van der Waals surface area contributed by atoms with Crippen molar-refractivity contribution in [3.63, 3.8) is 0 Å². The van der Waals surface area contributed by atoms with Crippen LogP contribution < -0.4 is 0 Å².